The summed E-state index contributed by atoms with van der Waals surface area (Å²) >= 11 is 1.46. The molecule has 7 heteroatoms. The van der Waals surface area contributed by atoms with Gasteiger partial charge in [-0.2, -0.15) is 0 Å². The number of rotatable bonds is 7. The number of aryl methyl sites for hydroxylation is 1. The van der Waals surface area contributed by atoms with Crippen LogP contribution in [0, 0.1) is 6.92 Å². The first kappa shape index (κ1) is 20.2. The SMILES string of the molecule is CCOC(=O)c1cc2c(c(CSCC(=O)Nc3cccc(C)c3)c1)OCOC2. The molecule has 0 atom stereocenters. The topological polar surface area (TPSA) is 73.9 Å². The predicted molar refractivity (Wildman–Crippen MR) is 109 cm³/mol. The molecule has 0 aliphatic carbocycles. The fourth-order valence-electron chi connectivity index (χ4n) is 2.91. The van der Waals surface area contributed by atoms with Crippen LogP contribution < -0.4 is 10.1 Å². The molecule has 1 amide bonds. The Bertz CT molecular complexity index is 868. The first-order chi connectivity index (χ1) is 13.6. The molecule has 28 heavy (non-hydrogen) atoms. The van der Waals surface area contributed by atoms with E-state index in [1.165, 1.54) is 11.8 Å². The number of ether oxygens (including phenoxy) is 3. The van der Waals surface area contributed by atoms with Crippen molar-refractivity contribution in [1.82, 2.24) is 0 Å². The molecule has 6 nitrogen and oxygen atoms in total. The monoisotopic (exact) mass is 401 g/mol. The van der Waals surface area contributed by atoms with Crippen LogP contribution >= 0.6 is 11.8 Å². The van der Waals surface area contributed by atoms with Crippen molar-refractivity contribution in [1.29, 1.82) is 0 Å². The number of esters is 1. The Morgan fingerprint density at radius 2 is 2.11 bits per heavy atom. The molecule has 0 saturated heterocycles. The van der Waals surface area contributed by atoms with Crippen LogP contribution in [0.3, 0.4) is 0 Å². The zero-order valence-corrected chi connectivity index (χ0v) is 16.8. The normalized spacial score (nSPS) is 12.6. The molecule has 0 fully saturated rings. The number of carbonyl (C=O) groups is 2. The van der Waals surface area contributed by atoms with E-state index in [-0.39, 0.29) is 18.7 Å². The highest BCUT2D eigenvalue weighted by atomic mass is 32.2. The summed E-state index contributed by atoms with van der Waals surface area (Å²) in [5.74, 6) is 1.11. The molecule has 0 unspecified atom stereocenters. The molecule has 1 N–H and O–H groups in total. The molecule has 1 heterocycles. The van der Waals surface area contributed by atoms with Crippen LogP contribution in [-0.4, -0.2) is 31.0 Å². The first-order valence-electron chi connectivity index (χ1n) is 9.04. The van der Waals surface area contributed by atoms with Crippen LogP contribution in [0.5, 0.6) is 5.75 Å². The van der Waals surface area contributed by atoms with Crippen LogP contribution in [0.25, 0.3) is 0 Å². The van der Waals surface area contributed by atoms with Gasteiger partial charge < -0.3 is 19.5 Å². The van der Waals surface area contributed by atoms with E-state index in [4.69, 9.17) is 14.2 Å². The molecular weight excluding hydrogens is 378 g/mol. The molecule has 2 aromatic rings. The number of nitrogens with one attached hydrogen (secondary N) is 1. The molecule has 3 rings (SSSR count). The van der Waals surface area contributed by atoms with Crippen LogP contribution in [-0.2, 0) is 26.6 Å². The van der Waals surface area contributed by atoms with E-state index in [0.717, 1.165) is 28.1 Å². The quantitative estimate of drug-likeness (QED) is 0.709. The van der Waals surface area contributed by atoms with Gasteiger partial charge >= 0.3 is 5.97 Å². The average molecular weight is 401 g/mol. The second-order valence-corrected chi connectivity index (χ2v) is 7.35. The van der Waals surface area contributed by atoms with E-state index in [2.05, 4.69) is 5.32 Å². The zero-order valence-electron chi connectivity index (χ0n) is 15.9. The van der Waals surface area contributed by atoms with Crippen molar-refractivity contribution in [2.45, 2.75) is 26.2 Å². The fourth-order valence-corrected chi connectivity index (χ4v) is 3.71. The molecule has 0 saturated carbocycles. The Kier molecular flexibility index (Phi) is 6.95. The number of benzene rings is 2. The highest BCUT2D eigenvalue weighted by Crippen LogP contribution is 2.32. The Labute approximate surface area is 168 Å². The molecule has 0 bridgehead atoms. The van der Waals surface area contributed by atoms with Gasteiger partial charge in [0, 0.05) is 22.6 Å². The van der Waals surface area contributed by atoms with Crippen molar-refractivity contribution in [2.24, 2.45) is 0 Å². The molecular formula is C21H23NO5S. The molecule has 0 aromatic heterocycles. The van der Waals surface area contributed by atoms with Crippen molar-refractivity contribution >= 4 is 29.3 Å². The number of carbonyl (C=O) groups excluding carboxylic acids is 2. The minimum atomic E-state index is -0.376. The number of amides is 1. The van der Waals surface area contributed by atoms with Crippen molar-refractivity contribution < 1.29 is 23.8 Å². The fraction of sp³-hybridized carbons (Fsp3) is 0.333. The Hall–Kier alpha value is -2.51. The predicted octanol–water partition coefficient (Wildman–Crippen LogP) is 3.91. The standard InChI is InChI=1S/C21H23NO5S/c1-3-26-21(24)15-8-16-10-25-13-27-20(16)17(9-15)11-28-12-19(23)22-18-6-4-5-14(2)7-18/h4-9H,3,10-13H2,1-2H3,(H,22,23). The summed E-state index contributed by atoms with van der Waals surface area (Å²) in [6.45, 7) is 4.62. The summed E-state index contributed by atoms with van der Waals surface area (Å²) < 4.78 is 16.0. The Balaban J connectivity index is 1.65. The van der Waals surface area contributed by atoms with Gasteiger partial charge in [0.25, 0.3) is 0 Å². The van der Waals surface area contributed by atoms with Crippen molar-refractivity contribution in [2.75, 3.05) is 24.5 Å². The van der Waals surface area contributed by atoms with Crippen molar-refractivity contribution in [3.63, 3.8) is 0 Å². The minimum absolute atomic E-state index is 0.0738. The van der Waals surface area contributed by atoms with Gasteiger partial charge in [-0.1, -0.05) is 12.1 Å². The largest absolute Gasteiger partial charge is 0.467 e. The number of anilines is 1. The van der Waals surface area contributed by atoms with Crippen molar-refractivity contribution in [3.05, 3.63) is 58.7 Å². The number of fused-ring (bicyclic) bond motifs is 1. The summed E-state index contributed by atoms with van der Waals surface area (Å²) in [6.07, 6.45) is 0. The lowest BCUT2D eigenvalue weighted by molar-refractivity contribution is -0.113. The third-order valence-electron chi connectivity index (χ3n) is 4.09. The zero-order chi connectivity index (χ0) is 19.9. The van der Waals surface area contributed by atoms with Gasteiger partial charge in [-0.25, -0.2) is 4.79 Å². The van der Waals surface area contributed by atoms with Gasteiger partial charge in [0.05, 0.1) is 24.5 Å². The molecule has 0 spiro atoms. The second-order valence-electron chi connectivity index (χ2n) is 6.37. The molecule has 1 aliphatic rings. The van der Waals surface area contributed by atoms with E-state index in [0.29, 0.717) is 30.3 Å². The third kappa shape index (κ3) is 5.27. The highest BCUT2D eigenvalue weighted by Gasteiger charge is 2.20. The van der Waals surface area contributed by atoms with Gasteiger partial charge in [0.1, 0.15) is 5.75 Å². The third-order valence-corrected chi connectivity index (χ3v) is 5.07. The lowest BCUT2D eigenvalue weighted by atomic mass is 10.0. The number of hydrogen-bond acceptors (Lipinski definition) is 6. The molecule has 1 aliphatic heterocycles. The van der Waals surface area contributed by atoms with Gasteiger partial charge in [0.2, 0.25) is 5.91 Å². The summed E-state index contributed by atoms with van der Waals surface area (Å²) in [7, 11) is 0. The van der Waals surface area contributed by atoms with Gasteiger partial charge in [-0.3, -0.25) is 4.79 Å². The van der Waals surface area contributed by atoms with Crippen molar-refractivity contribution in [3.8, 4) is 5.75 Å². The van der Waals surface area contributed by atoms with E-state index in [1.807, 2.05) is 31.2 Å². The molecule has 148 valence electrons. The van der Waals surface area contributed by atoms with E-state index in [9.17, 15) is 9.59 Å². The molecule has 2 aromatic carbocycles. The smallest absolute Gasteiger partial charge is 0.338 e. The Morgan fingerprint density at radius 3 is 2.89 bits per heavy atom. The average Bonchev–Trinajstić information content (AvgIpc) is 2.68. The summed E-state index contributed by atoms with van der Waals surface area (Å²) in [6, 6.07) is 11.2. The van der Waals surface area contributed by atoms with Crippen LogP contribution in [0.4, 0.5) is 5.69 Å². The summed E-state index contributed by atoms with van der Waals surface area (Å²) in [5.41, 5.74) is 4.02. The van der Waals surface area contributed by atoms with E-state index < -0.39 is 0 Å². The van der Waals surface area contributed by atoms with E-state index >= 15 is 0 Å². The minimum Gasteiger partial charge on any atom is -0.467 e. The summed E-state index contributed by atoms with van der Waals surface area (Å²) in [4.78, 5) is 24.3. The number of thioether (sulfide) groups is 1. The number of hydrogen-bond donors (Lipinski definition) is 1. The van der Waals surface area contributed by atoms with Crippen LogP contribution in [0.1, 0.15) is 34.0 Å². The van der Waals surface area contributed by atoms with Gasteiger partial charge in [-0.15, -0.1) is 11.8 Å². The Morgan fingerprint density at radius 1 is 1.25 bits per heavy atom. The highest BCUT2D eigenvalue weighted by molar-refractivity contribution is 7.99. The lowest BCUT2D eigenvalue weighted by Gasteiger charge is -2.21. The van der Waals surface area contributed by atoms with Gasteiger partial charge in [0.15, 0.2) is 6.79 Å². The van der Waals surface area contributed by atoms with Crippen LogP contribution in [0.15, 0.2) is 36.4 Å². The first-order valence-corrected chi connectivity index (χ1v) is 10.2. The second kappa shape index (κ2) is 9.61. The summed E-state index contributed by atoms with van der Waals surface area (Å²) in [5, 5.41) is 2.89. The lowest BCUT2D eigenvalue weighted by Crippen LogP contribution is -2.16. The van der Waals surface area contributed by atoms with Gasteiger partial charge in [-0.05, 0) is 43.7 Å². The molecule has 0 radical (unpaired) electrons. The maximum atomic E-state index is 12.2. The van der Waals surface area contributed by atoms with Crippen LogP contribution in [0.2, 0.25) is 0 Å². The maximum Gasteiger partial charge on any atom is 0.338 e. The maximum absolute atomic E-state index is 12.2. The van der Waals surface area contributed by atoms with E-state index in [1.54, 1.807) is 19.1 Å².